The van der Waals surface area contributed by atoms with Gasteiger partial charge in [-0.05, 0) is 49.4 Å². The summed E-state index contributed by atoms with van der Waals surface area (Å²) >= 11 is 0. The molecule has 13 nitrogen and oxygen atoms in total. The van der Waals surface area contributed by atoms with E-state index in [-0.39, 0.29) is 36.2 Å². The minimum atomic E-state index is -0.341. The first-order valence-electron chi connectivity index (χ1n) is 15.4. The van der Waals surface area contributed by atoms with Gasteiger partial charge in [-0.2, -0.15) is 9.97 Å². The van der Waals surface area contributed by atoms with E-state index in [1.807, 2.05) is 32.0 Å². The highest BCUT2D eigenvalue weighted by molar-refractivity contribution is 5.82. The molecule has 1 amide bonds. The summed E-state index contributed by atoms with van der Waals surface area (Å²) in [6.45, 7) is 8.81. The highest BCUT2D eigenvalue weighted by atomic mass is 16.5. The number of carbonyl (C=O) groups is 1. The number of rotatable bonds is 13. The number of nitrogens with one attached hydrogen (secondary N) is 3. The number of fused-ring (bicyclic) bond motifs is 1. The number of hydrogen-bond acceptors (Lipinski definition) is 10. The maximum Gasteiger partial charge on any atom is 0.407 e. The second-order valence-electron chi connectivity index (χ2n) is 11.0. The van der Waals surface area contributed by atoms with Gasteiger partial charge in [0.15, 0.2) is 11.5 Å². The van der Waals surface area contributed by atoms with E-state index in [4.69, 9.17) is 19.9 Å². The third kappa shape index (κ3) is 8.11. The van der Waals surface area contributed by atoms with Crippen molar-refractivity contribution < 1.29 is 19.0 Å². The number of imidazole rings is 1. The Bertz CT molecular complexity index is 1640. The van der Waals surface area contributed by atoms with Crippen LogP contribution in [0.4, 0.5) is 10.6 Å². The lowest BCUT2D eigenvalue weighted by molar-refractivity contribution is 0.136. The molecular formula is C32H42N8O5. The van der Waals surface area contributed by atoms with Crippen LogP contribution in [0.3, 0.4) is 0 Å². The second-order valence-corrected chi connectivity index (χ2v) is 11.0. The summed E-state index contributed by atoms with van der Waals surface area (Å²) in [6.07, 6.45) is 1.52. The van der Waals surface area contributed by atoms with Crippen molar-refractivity contribution in [3.8, 4) is 11.8 Å². The van der Waals surface area contributed by atoms with Crippen LogP contribution in [-0.2, 0) is 30.9 Å². The van der Waals surface area contributed by atoms with E-state index in [9.17, 15) is 9.59 Å². The van der Waals surface area contributed by atoms with Crippen molar-refractivity contribution in [1.29, 1.82) is 0 Å². The Morgan fingerprint density at radius 1 is 1.00 bits per heavy atom. The molecule has 13 heteroatoms. The van der Waals surface area contributed by atoms with Gasteiger partial charge in [-0.25, -0.2) is 9.59 Å². The van der Waals surface area contributed by atoms with Crippen molar-refractivity contribution >= 4 is 23.1 Å². The first-order valence-corrected chi connectivity index (χ1v) is 15.4. The topological polar surface area (TPSA) is 162 Å². The number of nitrogen functional groups attached to an aromatic ring is 1. The fraction of sp³-hybridized carbons (Fsp3) is 0.438. The molecule has 3 heterocycles. The summed E-state index contributed by atoms with van der Waals surface area (Å²) in [5, 5.41) is 6.45. The van der Waals surface area contributed by atoms with Crippen LogP contribution in [0.5, 0.6) is 11.8 Å². The molecule has 2 aromatic heterocycles. The molecule has 45 heavy (non-hydrogen) atoms. The van der Waals surface area contributed by atoms with Crippen molar-refractivity contribution in [1.82, 2.24) is 35.1 Å². The first kappa shape index (κ1) is 31.8. The molecule has 1 aliphatic heterocycles. The normalized spacial score (nSPS) is 14.0. The minimum Gasteiger partial charge on any atom is -0.496 e. The predicted molar refractivity (Wildman–Crippen MR) is 171 cm³/mol. The molecule has 0 atom stereocenters. The van der Waals surface area contributed by atoms with Gasteiger partial charge in [-0.1, -0.05) is 36.4 Å². The summed E-state index contributed by atoms with van der Waals surface area (Å²) in [6, 6.07) is 14.9. The monoisotopic (exact) mass is 618 g/mol. The summed E-state index contributed by atoms with van der Waals surface area (Å²) in [4.78, 5) is 38.1. The number of piperidine rings is 1. The van der Waals surface area contributed by atoms with E-state index in [0.29, 0.717) is 36.7 Å². The number of anilines is 1. The van der Waals surface area contributed by atoms with Gasteiger partial charge in [0, 0.05) is 44.3 Å². The van der Waals surface area contributed by atoms with Crippen LogP contribution in [0.1, 0.15) is 48.9 Å². The van der Waals surface area contributed by atoms with Crippen LogP contribution in [0.25, 0.3) is 11.2 Å². The Morgan fingerprint density at radius 3 is 2.42 bits per heavy atom. The Balaban J connectivity index is 1.13. The van der Waals surface area contributed by atoms with Crippen LogP contribution >= 0.6 is 0 Å². The van der Waals surface area contributed by atoms with Gasteiger partial charge < -0.3 is 35.6 Å². The van der Waals surface area contributed by atoms with E-state index < -0.39 is 0 Å². The van der Waals surface area contributed by atoms with Gasteiger partial charge in [-0.3, -0.25) is 9.47 Å². The van der Waals surface area contributed by atoms with Crippen molar-refractivity contribution in [2.45, 2.75) is 58.9 Å². The average molecular weight is 619 g/mol. The molecule has 1 fully saturated rings. The van der Waals surface area contributed by atoms with E-state index in [1.165, 1.54) is 15.7 Å². The van der Waals surface area contributed by atoms with Gasteiger partial charge >= 0.3 is 17.8 Å². The molecule has 0 aliphatic carbocycles. The lowest BCUT2D eigenvalue weighted by Crippen LogP contribution is -2.44. The van der Waals surface area contributed by atoms with Gasteiger partial charge in [0.1, 0.15) is 11.3 Å². The lowest BCUT2D eigenvalue weighted by Gasteiger charge is -2.32. The average Bonchev–Trinajstić information content (AvgIpc) is 3.35. The SMILES string of the molecule is CCOC(=O)NC1CCN(Cc2ccc(CNCc3ccc(Cn4c(=O)[nH]c5c(N)nc(OCC)nc54)c(OC)c3)cc2)CC1. The summed E-state index contributed by atoms with van der Waals surface area (Å²) in [7, 11) is 1.62. The standard InChI is InChI=1S/C32H42N8O5/c1-4-44-30-37-28(33)27-29(38-30)40(31(41)36-27)20-24-11-10-23(16-26(24)43-3)18-34-17-21-6-8-22(9-7-21)19-39-14-12-25(13-15-39)35-32(42)45-5-2/h6-11,16,25,34H,4-5,12-15,17-20H2,1-3H3,(H,35,42)(H,36,41)(H2,33,37,38). The fourth-order valence-corrected chi connectivity index (χ4v) is 5.52. The van der Waals surface area contributed by atoms with Gasteiger partial charge in [0.25, 0.3) is 0 Å². The Morgan fingerprint density at radius 2 is 1.71 bits per heavy atom. The number of nitrogens with two attached hydrogens (primary N) is 1. The number of alkyl carbamates (subject to hydrolysis) is 1. The molecular weight excluding hydrogens is 576 g/mol. The molecule has 0 bridgehead atoms. The van der Waals surface area contributed by atoms with Crippen LogP contribution in [-0.4, -0.2) is 70.0 Å². The first-order chi connectivity index (χ1) is 21.9. The smallest absolute Gasteiger partial charge is 0.407 e. The number of aromatic amines is 1. The Kier molecular flexibility index (Phi) is 10.5. The molecule has 5 rings (SSSR count). The highest BCUT2D eigenvalue weighted by Gasteiger charge is 2.21. The second kappa shape index (κ2) is 14.9. The zero-order chi connectivity index (χ0) is 31.8. The summed E-state index contributed by atoms with van der Waals surface area (Å²) < 4.78 is 17.6. The minimum absolute atomic E-state index is 0.125. The molecule has 1 aliphatic rings. The lowest BCUT2D eigenvalue weighted by atomic mass is 10.0. The molecule has 2 aromatic carbocycles. The molecule has 1 saturated heterocycles. The molecule has 4 aromatic rings. The van der Waals surface area contributed by atoms with Crippen LogP contribution in [0, 0.1) is 0 Å². The largest absolute Gasteiger partial charge is 0.496 e. The number of benzene rings is 2. The van der Waals surface area contributed by atoms with E-state index in [0.717, 1.165) is 50.1 Å². The molecule has 0 spiro atoms. The van der Waals surface area contributed by atoms with Crippen LogP contribution in [0.2, 0.25) is 0 Å². The van der Waals surface area contributed by atoms with Gasteiger partial charge in [0.05, 0.1) is 26.9 Å². The number of nitrogens with zero attached hydrogens (tertiary/aromatic N) is 4. The molecule has 0 radical (unpaired) electrons. The molecule has 5 N–H and O–H groups in total. The van der Waals surface area contributed by atoms with Crippen LogP contribution in [0.15, 0.2) is 47.3 Å². The van der Waals surface area contributed by atoms with Crippen LogP contribution < -0.4 is 31.5 Å². The number of likely N-dealkylation sites (tertiary alicyclic amines) is 1. The zero-order valence-corrected chi connectivity index (χ0v) is 26.1. The van der Waals surface area contributed by atoms with Gasteiger partial charge in [-0.15, -0.1) is 0 Å². The van der Waals surface area contributed by atoms with E-state index >= 15 is 0 Å². The van der Waals surface area contributed by atoms with Crippen molar-refractivity contribution in [2.24, 2.45) is 0 Å². The number of amides is 1. The molecule has 0 unspecified atom stereocenters. The fourth-order valence-electron chi connectivity index (χ4n) is 5.52. The maximum atomic E-state index is 12.8. The quantitative estimate of drug-likeness (QED) is 0.175. The number of H-pyrrole nitrogens is 1. The molecule has 240 valence electrons. The highest BCUT2D eigenvalue weighted by Crippen LogP contribution is 2.24. The third-order valence-electron chi connectivity index (χ3n) is 7.86. The van der Waals surface area contributed by atoms with Crippen molar-refractivity contribution in [3.05, 3.63) is 75.2 Å². The van der Waals surface area contributed by atoms with Gasteiger partial charge in [0.2, 0.25) is 0 Å². The number of hydrogen-bond donors (Lipinski definition) is 4. The summed E-state index contributed by atoms with van der Waals surface area (Å²) in [5.41, 5.74) is 10.8. The Labute approximate surface area is 262 Å². The molecule has 0 saturated carbocycles. The Hall–Kier alpha value is -4.62. The van der Waals surface area contributed by atoms with Crippen molar-refractivity contribution in [3.63, 3.8) is 0 Å². The maximum absolute atomic E-state index is 12.8. The predicted octanol–water partition coefficient (Wildman–Crippen LogP) is 3.16. The number of ether oxygens (including phenoxy) is 3. The van der Waals surface area contributed by atoms with E-state index in [2.05, 4.69) is 54.8 Å². The number of carbonyl (C=O) groups excluding carboxylic acids is 1. The number of methoxy groups -OCH3 is 1. The number of aromatic nitrogens is 4. The third-order valence-corrected chi connectivity index (χ3v) is 7.86. The van der Waals surface area contributed by atoms with E-state index in [1.54, 1.807) is 7.11 Å². The zero-order valence-electron chi connectivity index (χ0n) is 26.1. The van der Waals surface area contributed by atoms with Crippen molar-refractivity contribution in [2.75, 3.05) is 39.1 Å². The summed E-state index contributed by atoms with van der Waals surface area (Å²) in [5.74, 6) is 0.830.